The van der Waals surface area contributed by atoms with Gasteiger partial charge in [0, 0.05) is 17.7 Å². The van der Waals surface area contributed by atoms with E-state index >= 15 is 0 Å². The van der Waals surface area contributed by atoms with E-state index in [4.69, 9.17) is 10.2 Å². The second-order valence-electron chi connectivity index (χ2n) is 3.30. The van der Waals surface area contributed by atoms with E-state index in [9.17, 15) is 28.1 Å². The van der Waals surface area contributed by atoms with Crippen molar-refractivity contribution in [1.82, 2.24) is 0 Å². The highest BCUT2D eigenvalue weighted by Gasteiger charge is 2.58. The number of benzene rings is 1. The molecule has 0 atom stereocenters. The summed E-state index contributed by atoms with van der Waals surface area (Å²) >= 11 is 0. The second-order valence-corrected chi connectivity index (χ2v) is 3.30. The zero-order valence-corrected chi connectivity index (χ0v) is 8.51. The SMILES string of the molecule is O=C(c1ccc([N+](=O)[O-])cc1)C(O)(O)C(F)(F)F. The maximum atomic E-state index is 12.1. The van der Waals surface area contributed by atoms with E-state index in [-0.39, 0.29) is 0 Å². The van der Waals surface area contributed by atoms with Crippen LogP contribution in [0.1, 0.15) is 10.4 Å². The van der Waals surface area contributed by atoms with Crippen LogP contribution in [0.25, 0.3) is 0 Å². The summed E-state index contributed by atoms with van der Waals surface area (Å²) in [6.07, 6.45) is -5.56. The van der Waals surface area contributed by atoms with Gasteiger partial charge in [-0.05, 0) is 12.1 Å². The van der Waals surface area contributed by atoms with Gasteiger partial charge < -0.3 is 10.2 Å². The zero-order chi connectivity index (χ0) is 14.1. The first-order valence-corrected chi connectivity index (χ1v) is 4.38. The van der Waals surface area contributed by atoms with Crippen LogP contribution in [0.2, 0.25) is 0 Å². The van der Waals surface area contributed by atoms with E-state index in [1.165, 1.54) is 0 Å². The average Bonchev–Trinajstić information content (AvgIpc) is 2.26. The summed E-state index contributed by atoms with van der Waals surface area (Å²) in [5, 5.41) is 27.7. The molecule has 0 aliphatic carbocycles. The normalized spacial score (nSPS) is 12.3. The molecule has 0 unspecified atom stereocenters. The molecule has 1 aromatic carbocycles. The number of hydrogen-bond donors (Lipinski definition) is 2. The highest BCUT2D eigenvalue weighted by molar-refractivity contribution is 6.01. The highest BCUT2D eigenvalue weighted by atomic mass is 19.4. The Balaban J connectivity index is 3.09. The van der Waals surface area contributed by atoms with Crippen LogP contribution in [0.4, 0.5) is 18.9 Å². The van der Waals surface area contributed by atoms with Crippen LogP contribution in [0, 0.1) is 10.1 Å². The Morgan fingerprint density at radius 2 is 1.61 bits per heavy atom. The molecule has 98 valence electrons. The molecule has 0 radical (unpaired) electrons. The summed E-state index contributed by atoms with van der Waals surface area (Å²) in [4.78, 5) is 20.7. The lowest BCUT2D eigenvalue weighted by atomic mass is 10.0. The van der Waals surface area contributed by atoms with Crippen molar-refractivity contribution in [3.63, 3.8) is 0 Å². The number of halogens is 3. The number of non-ortho nitro benzene ring substituents is 1. The van der Waals surface area contributed by atoms with Gasteiger partial charge in [0.1, 0.15) is 0 Å². The summed E-state index contributed by atoms with van der Waals surface area (Å²) in [5.74, 6) is -6.53. The number of nitrogens with zero attached hydrogens (tertiary/aromatic N) is 1. The molecule has 0 heterocycles. The Hall–Kier alpha value is -2.00. The maximum absolute atomic E-state index is 12.1. The van der Waals surface area contributed by atoms with Crippen molar-refractivity contribution in [2.45, 2.75) is 12.0 Å². The lowest BCUT2D eigenvalue weighted by Gasteiger charge is -2.22. The molecule has 0 saturated heterocycles. The molecule has 1 rings (SSSR count). The predicted molar refractivity (Wildman–Crippen MR) is 50.7 cm³/mol. The van der Waals surface area contributed by atoms with Crippen molar-refractivity contribution < 1.29 is 33.1 Å². The van der Waals surface area contributed by atoms with Crippen molar-refractivity contribution >= 4 is 11.5 Å². The first-order chi connectivity index (χ1) is 8.07. The molecule has 0 spiro atoms. The number of carbonyl (C=O) groups excluding carboxylic acids is 1. The smallest absolute Gasteiger partial charge is 0.352 e. The summed E-state index contributed by atoms with van der Waals surface area (Å²) in [5.41, 5.74) is -1.15. The van der Waals surface area contributed by atoms with Crippen molar-refractivity contribution in [3.05, 3.63) is 39.9 Å². The molecule has 6 nitrogen and oxygen atoms in total. The van der Waals surface area contributed by atoms with Gasteiger partial charge in [0.05, 0.1) is 4.92 Å². The fourth-order valence-electron chi connectivity index (χ4n) is 1.06. The van der Waals surface area contributed by atoms with Crippen LogP contribution in [0.5, 0.6) is 0 Å². The number of carbonyl (C=O) groups is 1. The van der Waals surface area contributed by atoms with E-state index in [1.54, 1.807) is 0 Å². The molecule has 0 aromatic heterocycles. The van der Waals surface area contributed by atoms with Crippen LogP contribution in [-0.2, 0) is 0 Å². The van der Waals surface area contributed by atoms with Gasteiger partial charge in [-0.1, -0.05) is 0 Å². The Morgan fingerprint density at radius 3 is 1.94 bits per heavy atom. The van der Waals surface area contributed by atoms with Gasteiger partial charge in [-0.25, -0.2) is 0 Å². The van der Waals surface area contributed by atoms with Gasteiger partial charge in [0.2, 0.25) is 5.78 Å². The number of alkyl halides is 3. The molecule has 1 aromatic rings. The third kappa shape index (κ3) is 2.46. The van der Waals surface area contributed by atoms with Crippen molar-refractivity contribution in [2.75, 3.05) is 0 Å². The minimum atomic E-state index is -5.56. The predicted octanol–water partition coefficient (Wildman–Crippen LogP) is 1.02. The summed E-state index contributed by atoms with van der Waals surface area (Å²) in [7, 11) is 0. The average molecular weight is 265 g/mol. The van der Waals surface area contributed by atoms with Gasteiger partial charge in [-0.3, -0.25) is 14.9 Å². The molecule has 0 saturated carbocycles. The molecular weight excluding hydrogens is 259 g/mol. The molecule has 9 heteroatoms. The molecule has 0 fully saturated rings. The van der Waals surface area contributed by atoms with Crippen LogP contribution >= 0.6 is 0 Å². The summed E-state index contributed by atoms with van der Waals surface area (Å²) in [6, 6.07) is 2.96. The van der Waals surface area contributed by atoms with Crippen molar-refractivity contribution in [2.24, 2.45) is 0 Å². The van der Waals surface area contributed by atoms with Crippen LogP contribution in [-0.4, -0.2) is 32.9 Å². The molecule has 0 aliphatic heterocycles. The van der Waals surface area contributed by atoms with Crippen LogP contribution in [0.3, 0.4) is 0 Å². The number of rotatable bonds is 3. The third-order valence-electron chi connectivity index (χ3n) is 2.05. The van der Waals surface area contributed by atoms with Crippen LogP contribution < -0.4 is 0 Å². The Bertz CT molecular complexity index is 480. The van der Waals surface area contributed by atoms with E-state index in [0.717, 1.165) is 12.1 Å². The minimum Gasteiger partial charge on any atom is -0.352 e. The standard InChI is InChI=1S/C9H6F3NO5/c10-9(11,12)8(15,16)7(14)5-1-3-6(4-2-5)13(17)18/h1-4,15-16H. The van der Waals surface area contributed by atoms with Gasteiger partial charge in [0.15, 0.2) is 0 Å². The number of nitro benzene ring substituents is 1. The molecular formula is C9H6F3NO5. The van der Waals surface area contributed by atoms with Crippen molar-refractivity contribution in [1.29, 1.82) is 0 Å². The number of hydrogen-bond acceptors (Lipinski definition) is 5. The minimum absolute atomic E-state index is 0.444. The maximum Gasteiger partial charge on any atom is 0.451 e. The number of aliphatic hydroxyl groups is 2. The number of ketones is 1. The molecule has 0 aliphatic rings. The topological polar surface area (TPSA) is 101 Å². The van der Waals surface area contributed by atoms with E-state index < -0.39 is 33.9 Å². The Kier molecular flexibility index (Phi) is 3.40. The number of nitro groups is 1. The second kappa shape index (κ2) is 4.35. The highest BCUT2D eigenvalue weighted by Crippen LogP contribution is 2.31. The zero-order valence-electron chi connectivity index (χ0n) is 8.51. The van der Waals surface area contributed by atoms with E-state index in [2.05, 4.69) is 0 Å². The van der Waals surface area contributed by atoms with Gasteiger partial charge >= 0.3 is 12.0 Å². The molecule has 18 heavy (non-hydrogen) atoms. The van der Waals surface area contributed by atoms with E-state index in [1.807, 2.05) is 0 Å². The Labute approximate surface area is 97.4 Å². The molecule has 0 amide bonds. The molecule has 0 bridgehead atoms. The lowest BCUT2D eigenvalue weighted by Crippen LogP contribution is -2.51. The Morgan fingerprint density at radius 1 is 1.17 bits per heavy atom. The van der Waals surface area contributed by atoms with Gasteiger partial charge in [-0.2, -0.15) is 13.2 Å². The quantitative estimate of drug-likeness (QED) is 0.368. The largest absolute Gasteiger partial charge is 0.451 e. The third-order valence-corrected chi connectivity index (χ3v) is 2.05. The first kappa shape index (κ1) is 14.1. The van der Waals surface area contributed by atoms with Gasteiger partial charge in [-0.15, -0.1) is 0 Å². The fraction of sp³-hybridized carbons (Fsp3) is 0.222. The molecule has 2 N–H and O–H groups in total. The summed E-state index contributed by atoms with van der Waals surface area (Å²) < 4.78 is 36.4. The monoisotopic (exact) mass is 265 g/mol. The number of Topliss-reactive ketones (excluding diaryl/α,β-unsaturated/α-hetero) is 1. The first-order valence-electron chi connectivity index (χ1n) is 4.38. The lowest BCUT2D eigenvalue weighted by molar-refractivity contribution is -0.384. The van der Waals surface area contributed by atoms with Gasteiger partial charge in [0.25, 0.3) is 5.69 Å². The fourth-order valence-corrected chi connectivity index (χ4v) is 1.06. The van der Waals surface area contributed by atoms with E-state index in [0.29, 0.717) is 12.1 Å². The van der Waals surface area contributed by atoms with Crippen molar-refractivity contribution in [3.8, 4) is 0 Å². The van der Waals surface area contributed by atoms with Crippen LogP contribution in [0.15, 0.2) is 24.3 Å². The summed E-state index contributed by atoms with van der Waals surface area (Å²) in [6.45, 7) is 0.